The van der Waals surface area contributed by atoms with Gasteiger partial charge in [0, 0.05) is 5.92 Å². The van der Waals surface area contributed by atoms with Crippen molar-refractivity contribution in [1.82, 2.24) is 9.78 Å². The van der Waals surface area contributed by atoms with E-state index in [1.54, 1.807) is 18.2 Å². The maximum atomic E-state index is 11.2. The molecule has 0 N–H and O–H groups in total. The fourth-order valence-corrected chi connectivity index (χ4v) is 2.35. The molecular weight excluding hydrogens is 262 g/mol. The molecular formula is C14H10ClN3O. The van der Waals surface area contributed by atoms with Gasteiger partial charge in [0.25, 0.3) is 0 Å². The van der Waals surface area contributed by atoms with Crippen LogP contribution in [0.5, 0.6) is 0 Å². The summed E-state index contributed by atoms with van der Waals surface area (Å²) in [5.74, 6) is 0.345. The molecule has 19 heavy (non-hydrogen) atoms. The van der Waals surface area contributed by atoms with Gasteiger partial charge in [0.15, 0.2) is 6.29 Å². The highest BCUT2D eigenvalue weighted by molar-refractivity contribution is 6.32. The number of halogens is 1. The summed E-state index contributed by atoms with van der Waals surface area (Å²) in [5, 5.41) is 13.7. The first-order valence-corrected chi connectivity index (χ1v) is 6.36. The van der Waals surface area contributed by atoms with Crippen LogP contribution < -0.4 is 0 Å². The quantitative estimate of drug-likeness (QED) is 0.806. The van der Waals surface area contributed by atoms with Gasteiger partial charge in [-0.05, 0) is 31.0 Å². The lowest BCUT2D eigenvalue weighted by Crippen LogP contribution is -1.97. The topological polar surface area (TPSA) is 58.7 Å². The molecule has 1 heterocycles. The number of carbonyl (C=O) groups is 1. The second-order valence-electron chi connectivity index (χ2n) is 4.56. The smallest absolute Gasteiger partial charge is 0.155 e. The number of aromatic nitrogens is 2. The minimum Gasteiger partial charge on any atom is -0.298 e. The van der Waals surface area contributed by atoms with E-state index < -0.39 is 0 Å². The van der Waals surface area contributed by atoms with Crippen LogP contribution in [0, 0.1) is 11.3 Å². The monoisotopic (exact) mass is 271 g/mol. The zero-order chi connectivity index (χ0) is 13.4. The minimum absolute atomic E-state index is 0.312. The largest absolute Gasteiger partial charge is 0.298 e. The zero-order valence-electron chi connectivity index (χ0n) is 10.0. The van der Waals surface area contributed by atoms with E-state index in [2.05, 4.69) is 11.2 Å². The Kier molecular flexibility index (Phi) is 2.84. The van der Waals surface area contributed by atoms with E-state index in [9.17, 15) is 4.79 Å². The molecule has 0 bridgehead atoms. The van der Waals surface area contributed by atoms with Crippen molar-refractivity contribution in [3.8, 4) is 11.8 Å². The molecule has 2 aromatic rings. The Morgan fingerprint density at radius 1 is 1.47 bits per heavy atom. The first-order chi connectivity index (χ1) is 9.24. The molecule has 0 saturated heterocycles. The Hall–Kier alpha value is -2.12. The maximum absolute atomic E-state index is 11.2. The second kappa shape index (κ2) is 4.52. The van der Waals surface area contributed by atoms with Gasteiger partial charge in [-0.25, -0.2) is 4.68 Å². The SMILES string of the molecule is N#Cc1cccc(-n2nc(C3CC3)c(C=O)c2Cl)c1. The Bertz CT molecular complexity index is 695. The summed E-state index contributed by atoms with van der Waals surface area (Å²) in [4.78, 5) is 11.2. The molecule has 1 aliphatic carbocycles. The molecule has 1 aliphatic rings. The van der Waals surface area contributed by atoms with Crippen molar-refractivity contribution in [1.29, 1.82) is 5.26 Å². The summed E-state index contributed by atoms with van der Waals surface area (Å²) in [7, 11) is 0. The molecule has 1 aromatic heterocycles. The molecule has 0 amide bonds. The van der Waals surface area contributed by atoms with Crippen LogP contribution in [0.4, 0.5) is 0 Å². The van der Waals surface area contributed by atoms with Crippen LogP contribution >= 0.6 is 11.6 Å². The van der Waals surface area contributed by atoms with Crippen molar-refractivity contribution in [3.63, 3.8) is 0 Å². The highest BCUT2D eigenvalue weighted by atomic mass is 35.5. The van der Waals surface area contributed by atoms with E-state index >= 15 is 0 Å². The molecule has 0 aliphatic heterocycles. The zero-order valence-corrected chi connectivity index (χ0v) is 10.8. The van der Waals surface area contributed by atoms with Gasteiger partial charge in [0.1, 0.15) is 5.15 Å². The van der Waals surface area contributed by atoms with Gasteiger partial charge in [0.2, 0.25) is 0 Å². The molecule has 1 aromatic carbocycles. The molecule has 0 unspecified atom stereocenters. The first kappa shape index (κ1) is 11.9. The van der Waals surface area contributed by atoms with Crippen molar-refractivity contribution in [2.24, 2.45) is 0 Å². The predicted octanol–water partition coefficient (Wildman–Crippen LogP) is 3.09. The Morgan fingerprint density at radius 3 is 2.89 bits per heavy atom. The van der Waals surface area contributed by atoms with E-state index in [-0.39, 0.29) is 0 Å². The fraction of sp³-hybridized carbons (Fsp3) is 0.214. The molecule has 4 nitrogen and oxygen atoms in total. The molecule has 1 saturated carbocycles. The number of rotatable bonds is 3. The molecule has 5 heteroatoms. The van der Waals surface area contributed by atoms with Crippen LogP contribution in [0.3, 0.4) is 0 Å². The summed E-state index contributed by atoms with van der Waals surface area (Å²) in [5.41, 5.74) is 2.46. The Morgan fingerprint density at radius 2 is 2.26 bits per heavy atom. The molecule has 1 fully saturated rings. The van der Waals surface area contributed by atoms with E-state index in [0.717, 1.165) is 24.8 Å². The predicted molar refractivity (Wildman–Crippen MR) is 70.7 cm³/mol. The van der Waals surface area contributed by atoms with Gasteiger partial charge in [-0.3, -0.25) is 4.79 Å². The molecule has 0 spiro atoms. The van der Waals surface area contributed by atoms with Crippen LogP contribution in [0.25, 0.3) is 5.69 Å². The highest BCUT2D eigenvalue weighted by Crippen LogP contribution is 2.42. The number of carbonyl (C=O) groups excluding carboxylic acids is 1. The standard InChI is InChI=1S/C14H10ClN3O/c15-14-12(8-19)13(10-4-5-10)17-18(14)11-3-1-2-9(6-11)7-16/h1-3,6,8,10H,4-5H2. The van der Waals surface area contributed by atoms with Gasteiger partial charge in [-0.2, -0.15) is 10.4 Å². The third kappa shape index (κ3) is 2.02. The molecule has 0 atom stereocenters. The highest BCUT2D eigenvalue weighted by Gasteiger charge is 2.31. The van der Waals surface area contributed by atoms with Gasteiger partial charge in [-0.15, -0.1) is 0 Å². The lowest BCUT2D eigenvalue weighted by Gasteiger charge is -2.02. The number of hydrogen-bond acceptors (Lipinski definition) is 3. The number of nitriles is 1. The van der Waals surface area contributed by atoms with E-state index in [1.165, 1.54) is 4.68 Å². The second-order valence-corrected chi connectivity index (χ2v) is 4.91. The number of nitrogens with zero attached hydrogens (tertiary/aromatic N) is 3. The van der Waals surface area contributed by atoms with Crippen LogP contribution in [0.2, 0.25) is 5.15 Å². The Balaban J connectivity index is 2.14. The van der Waals surface area contributed by atoms with Crippen LogP contribution in [-0.4, -0.2) is 16.1 Å². The van der Waals surface area contributed by atoms with Crippen LogP contribution in [0.15, 0.2) is 24.3 Å². The van der Waals surface area contributed by atoms with Gasteiger partial charge in [-0.1, -0.05) is 17.7 Å². The third-order valence-corrected chi connectivity index (χ3v) is 3.56. The number of hydrogen-bond donors (Lipinski definition) is 0. The van der Waals surface area contributed by atoms with Crippen molar-refractivity contribution < 1.29 is 4.79 Å². The maximum Gasteiger partial charge on any atom is 0.155 e. The van der Waals surface area contributed by atoms with Crippen LogP contribution in [0.1, 0.15) is 40.4 Å². The van der Waals surface area contributed by atoms with Gasteiger partial charge < -0.3 is 0 Å². The lowest BCUT2D eigenvalue weighted by atomic mass is 10.2. The van der Waals surface area contributed by atoms with E-state index in [1.807, 2.05) is 6.07 Å². The third-order valence-electron chi connectivity index (χ3n) is 3.19. The van der Waals surface area contributed by atoms with E-state index in [4.69, 9.17) is 16.9 Å². The molecule has 3 rings (SSSR count). The average molecular weight is 272 g/mol. The van der Waals surface area contributed by atoms with Gasteiger partial charge >= 0.3 is 0 Å². The number of benzene rings is 1. The number of aldehydes is 1. The van der Waals surface area contributed by atoms with E-state index in [0.29, 0.717) is 27.9 Å². The summed E-state index contributed by atoms with van der Waals surface area (Å²) in [6.07, 6.45) is 2.85. The normalized spacial score (nSPS) is 14.1. The molecule has 94 valence electrons. The van der Waals surface area contributed by atoms with Crippen LogP contribution in [-0.2, 0) is 0 Å². The van der Waals surface area contributed by atoms with Crippen molar-refractivity contribution in [2.75, 3.05) is 0 Å². The minimum atomic E-state index is 0.312. The summed E-state index contributed by atoms with van der Waals surface area (Å²) < 4.78 is 1.53. The van der Waals surface area contributed by atoms with Crippen molar-refractivity contribution >= 4 is 17.9 Å². The summed E-state index contributed by atoms with van der Waals surface area (Å²) >= 11 is 6.22. The molecule has 0 radical (unpaired) electrons. The Labute approximate surface area is 115 Å². The summed E-state index contributed by atoms with van der Waals surface area (Å²) in [6, 6.07) is 9.06. The van der Waals surface area contributed by atoms with Crippen molar-refractivity contribution in [3.05, 3.63) is 46.2 Å². The lowest BCUT2D eigenvalue weighted by molar-refractivity contribution is 0.112. The first-order valence-electron chi connectivity index (χ1n) is 5.98. The fourth-order valence-electron chi connectivity index (χ4n) is 2.07. The van der Waals surface area contributed by atoms with Gasteiger partial charge in [0.05, 0.1) is 28.6 Å². The van der Waals surface area contributed by atoms with Crippen molar-refractivity contribution in [2.45, 2.75) is 18.8 Å². The average Bonchev–Trinajstić information content (AvgIpc) is 3.23. The summed E-state index contributed by atoms with van der Waals surface area (Å²) in [6.45, 7) is 0.